The largest absolute Gasteiger partial charge is 0.192 e. The Morgan fingerprint density at radius 3 is 2.00 bits per heavy atom. The molecule has 1 radical (unpaired) electrons. The molecule has 1 rings (SSSR count). The van der Waals surface area contributed by atoms with Crippen LogP contribution in [0.2, 0.25) is 0 Å². The summed E-state index contributed by atoms with van der Waals surface area (Å²) in [5.74, 6) is 0. The van der Waals surface area contributed by atoms with Crippen LogP contribution in [0.5, 0.6) is 0 Å². The lowest BCUT2D eigenvalue weighted by Crippen LogP contribution is -1.74. The van der Waals surface area contributed by atoms with E-state index in [1.165, 1.54) is 0 Å². The van der Waals surface area contributed by atoms with Crippen LogP contribution >= 0.6 is 0 Å². The second-order valence-corrected chi connectivity index (χ2v) is 1.87. The third-order valence-corrected chi connectivity index (χ3v) is 1.22. The van der Waals surface area contributed by atoms with Crippen molar-refractivity contribution in [1.29, 1.82) is 5.26 Å². The lowest BCUT2D eigenvalue weighted by molar-refractivity contribution is 1.47. The highest BCUT2D eigenvalue weighted by Gasteiger charge is 1.87. The topological polar surface area (TPSA) is 23.8 Å². The van der Waals surface area contributed by atoms with E-state index >= 15 is 0 Å². The predicted molar refractivity (Wildman–Crippen MR) is 39.1 cm³/mol. The van der Waals surface area contributed by atoms with E-state index in [0.29, 0.717) is 5.56 Å². The van der Waals surface area contributed by atoms with Crippen molar-refractivity contribution in [3.63, 3.8) is 0 Å². The van der Waals surface area contributed by atoms with E-state index in [1.807, 2.05) is 18.2 Å². The maximum absolute atomic E-state index is 8.42. The molecule has 1 nitrogen and oxygen atoms in total. The smallest absolute Gasteiger partial charge is 0.0991 e. The van der Waals surface area contributed by atoms with E-state index in [1.54, 1.807) is 12.1 Å². The average Bonchev–Trinajstić information content (AvgIpc) is 2.05. The van der Waals surface area contributed by atoms with Crippen molar-refractivity contribution in [3.05, 3.63) is 48.0 Å². The Morgan fingerprint density at radius 1 is 1.10 bits per heavy atom. The molecule has 0 aliphatic carbocycles. The molecule has 0 aliphatic rings. The van der Waals surface area contributed by atoms with Gasteiger partial charge in [0.05, 0.1) is 11.6 Å². The molecule has 0 amide bonds. The molecule has 10 heavy (non-hydrogen) atoms. The zero-order valence-electron chi connectivity index (χ0n) is 5.46. The Labute approximate surface area is 60.2 Å². The van der Waals surface area contributed by atoms with Gasteiger partial charge in [-0.25, -0.2) is 0 Å². The summed E-state index contributed by atoms with van der Waals surface area (Å²) < 4.78 is 0. The lowest BCUT2D eigenvalue weighted by atomic mass is 10.1. The van der Waals surface area contributed by atoms with Crippen molar-refractivity contribution >= 4 is 0 Å². The fraction of sp³-hybridized carbons (Fsp3) is 0. The van der Waals surface area contributed by atoms with Gasteiger partial charge in [0.1, 0.15) is 0 Å². The quantitative estimate of drug-likeness (QED) is 0.566. The van der Waals surface area contributed by atoms with Gasteiger partial charge in [0, 0.05) is 0 Å². The molecule has 0 fully saturated rings. The molecule has 0 saturated carbocycles. The van der Waals surface area contributed by atoms with Crippen molar-refractivity contribution in [3.8, 4) is 6.07 Å². The van der Waals surface area contributed by atoms with Gasteiger partial charge in [-0.1, -0.05) is 18.7 Å². The maximum atomic E-state index is 8.42. The number of nitrogens with zero attached hydrogens (tertiary/aromatic N) is 1. The van der Waals surface area contributed by atoms with E-state index in [0.717, 1.165) is 5.56 Å². The number of benzene rings is 1. The molecule has 0 heterocycles. The van der Waals surface area contributed by atoms with E-state index in [2.05, 4.69) is 12.7 Å². The highest BCUT2D eigenvalue weighted by Crippen LogP contribution is 2.01. The summed E-state index contributed by atoms with van der Waals surface area (Å²) in [6.45, 7) is 3.48. The van der Waals surface area contributed by atoms with Crippen LogP contribution in [0.25, 0.3) is 0 Å². The molecular weight excluding hydrogens is 122 g/mol. The van der Waals surface area contributed by atoms with Crippen LogP contribution < -0.4 is 0 Å². The van der Waals surface area contributed by atoms with Crippen molar-refractivity contribution in [2.24, 2.45) is 0 Å². The lowest BCUT2D eigenvalue weighted by Gasteiger charge is -1.89. The minimum atomic E-state index is 0.666. The number of hydrogen-bond donors (Lipinski definition) is 0. The maximum Gasteiger partial charge on any atom is 0.0991 e. The summed E-state index contributed by atoms with van der Waals surface area (Å²) in [5, 5.41) is 8.42. The molecule has 0 saturated heterocycles. The first kappa shape index (κ1) is 6.57. The first-order valence-electron chi connectivity index (χ1n) is 2.90. The third-order valence-electron chi connectivity index (χ3n) is 1.22. The summed E-state index contributed by atoms with van der Waals surface area (Å²) in [7, 11) is 0. The van der Waals surface area contributed by atoms with Crippen LogP contribution in [-0.4, -0.2) is 0 Å². The monoisotopic (exact) mass is 128 g/mol. The van der Waals surface area contributed by atoms with E-state index in [4.69, 9.17) is 5.26 Å². The summed E-state index contributed by atoms with van der Waals surface area (Å²) in [4.78, 5) is 0. The molecular formula is C9H6N. The first-order chi connectivity index (χ1) is 4.86. The second-order valence-electron chi connectivity index (χ2n) is 1.87. The molecule has 0 aromatic heterocycles. The predicted octanol–water partition coefficient (Wildman–Crippen LogP) is 1.90. The van der Waals surface area contributed by atoms with Crippen molar-refractivity contribution in [2.75, 3.05) is 0 Å². The molecule has 1 aromatic carbocycles. The van der Waals surface area contributed by atoms with Crippen LogP contribution in [0.1, 0.15) is 11.1 Å². The van der Waals surface area contributed by atoms with Gasteiger partial charge in [-0.15, -0.1) is 0 Å². The highest BCUT2D eigenvalue weighted by atomic mass is 14.2. The van der Waals surface area contributed by atoms with Crippen LogP contribution in [0, 0.1) is 17.4 Å². The SMILES string of the molecule is C=[C]c1ccc(C#N)cc1. The number of hydrogen-bond acceptors (Lipinski definition) is 1. The van der Waals surface area contributed by atoms with Gasteiger partial charge < -0.3 is 0 Å². The fourth-order valence-electron chi connectivity index (χ4n) is 0.663. The summed E-state index contributed by atoms with van der Waals surface area (Å²) in [5.41, 5.74) is 1.58. The van der Waals surface area contributed by atoms with Gasteiger partial charge >= 0.3 is 0 Å². The molecule has 0 aliphatic heterocycles. The Hall–Kier alpha value is -1.55. The van der Waals surface area contributed by atoms with Gasteiger partial charge in [0.25, 0.3) is 0 Å². The second kappa shape index (κ2) is 2.84. The molecule has 0 bridgehead atoms. The Bertz CT molecular complexity index is 264. The molecule has 1 heteroatoms. The van der Waals surface area contributed by atoms with Crippen molar-refractivity contribution in [2.45, 2.75) is 0 Å². The standard InChI is InChI=1S/C9H6N/c1-2-8-3-5-9(7-10)6-4-8/h3-6H,1H2. The minimum Gasteiger partial charge on any atom is -0.192 e. The Kier molecular flexibility index (Phi) is 1.86. The van der Waals surface area contributed by atoms with Gasteiger partial charge in [-0.2, -0.15) is 5.26 Å². The molecule has 0 N–H and O–H groups in total. The molecule has 47 valence electrons. The number of rotatable bonds is 1. The average molecular weight is 128 g/mol. The van der Waals surface area contributed by atoms with E-state index in [9.17, 15) is 0 Å². The third kappa shape index (κ3) is 1.24. The molecule has 0 spiro atoms. The van der Waals surface area contributed by atoms with Gasteiger partial charge in [0.15, 0.2) is 0 Å². The number of nitriles is 1. The fourth-order valence-corrected chi connectivity index (χ4v) is 0.663. The minimum absolute atomic E-state index is 0.666. The highest BCUT2D eigenvalue weighted by molar-refractivity contribution is 5.33. The van der Waals surface area contributed by atoms with Gasteiger partial charge in [-0.3, -0.25) is 0 Å². The van der Waals surface area contributed by atoms with Crippen LogP contribution in [0.4, 0.5) is 0 Å². The summed E-state index contributed by atoms with van der Waals surface area (Å²) >= 11 is 0. The first-order valence-corrected chi connectivity index (χ1v) is 2.90. The molecule has 0 unspecified atom stereocenters. The van der Waals surface area contributed by atoms with E-state index in [-0.39, 0.29) is 0 Å². The van der Waals surface area contributed by atoms with Gasteiger partial charge in [0.2, 0.25) is 0 Å². The van der Waals surface area contributed by atoms with Crippen molar-refractivity contribution < 1.29 is 0 Å². The zero-order valence-corrected chi connectivity index (χ0v) is 5.46. The summed E-state index contributed by atoms with van der Waals surface area (Å²) in [6, 6.07) is 9.14. The van der Waals surface area contributed by atoms with Gasteiger partial charge in [-0.05, 0) is 23.8 Å². The normalized spacial score (nSPS) is 8.30. The van der Waals surface area contributed by atoms with Crippen LogP contribution in [0.15, 0.2) is 30.8 Å². The summed E-state index contributed by atoms with van der Waals surface area (Å²) in [6.07, 6.45) is 2.72. The van der Waals surface area contributed by atoms with Crippen LogP contribution in [-0.2, 0) is 0 Å². The Morgan fingerprint density at radius 2 is 1.60 bits per heavy atom. The molecule has 1 aromatic rings. The van der Waals surface area contributed by atoms with Crippen LogP contribution in [0.3, 0.4) is 0 Å². The van der Waals surface area contributed by atoms with E-state index < -0.39 is 0 Å². The Balaban J connectivity index is 3.04. The zero-order chi connectivity index (χ0) is 7.40. The molecule has 0 atom stereocenters. The van der Waals surface area contributed by atoms with Crippen molar-refractivity contribution in [1.82, 2.24) is 0 Å².